The quantitative estimate of drug-likeness (QED) is 0.768. The number of carbonyl (C=O) groups is 2. The molecule has 0 radical (unpaired) electrons. The summed E-state index contributed by atoms with van der Waals surface area (Å²) in [7, 11) is -3.29. The lowest BCUT2D eigenvalue weighted by molar-refractivity contribution is 0.101. The molecule has 2 aliphatic rings. The predicted molar refractivity (Wildman–Crippen MR) is 93.0 cm³/mol. The van der Waals surface area contributed by atoms with Gasteiger partial charge in [-0.1, -0.05) is 0 Å². The maximum Gasteiger partial charge on any atom is 0.332 e. The van der Waals surface area contributed by atoms with E-state index in [1.165, 1.54) is 0 Å². The maximum atomic E-state index is 12.8. The first-order chi connectivity index (χ1) is 11.5. The molecule has 1 aromatic heterocycles. The second kappa shape index (κ2) is 5.57. The van der Waals surface area contributed by atoms with Crippen LogP contribution in [0, 0.1) is 0 Å². The number of anilines is 1. The summed E-state index contributed by atoms with van der Waals surface area (Å²) in [4.78, 5) is 24.7. The highest BCUT2D eigenvalue weighted by molar-refractivity contribution is 9.10. The third-order valence-electron chi connectivity index (χ3n) is 3.63. The van der Waals surface area contributed by atoms with Gasteiger partial charge in [-0.25, -0.2) is 13.7 Å². The number of ether oxygens (including phenoxy) is 1. The molecule has 3 heterocycles. The van der Waals surface area contributed by atoms with E-state index in [1.54, 1.807) is 17.5 Å². The Bertz CT molecular complexity index is 1010. The fraction of sp³-hybridized carbons (Fsp3) is 0.143. The van der Waals surface area contributed by atoms with Crippen LogP contribution < -0.4 is 14.8 Å². The number of nitrogens with zero attached hydrogens (tertiary/aromatic N) is 1. The van der Waals surface area contributed by atoms with Crippen molar-refractivity contribution < 1.29 is 18.5 Å². The smallest absolute Gasteiger partial charge is 0.332 e. The molecule has 0 saturated heterocycles. The number of hydrogen-bond donors (Lipinski definition) is 2. The van der Waals surface area contributed by atoms with Crippen LogP contribution in [0.2, 0.25) is 0 Å². The van der Waals surface area contributed by atoms with Crippen molar-refractivity contribution in [3.8, 4) is 5.75 Å². The van der Waals surface area contributed by atoms with E-state index in [-0.39, 0.29) is 4.90 Å². The van der Waals surface area contributed by atoms with E-state index >= 15 is 0 Å². The molecule has 7 nitrogen and oxygen atoms in total. The van der Waals surface area contributed by atoms with E-state index < -0.39 is 21.9 Å². The van der Waals surface area contributed by atoms with Gasteiger partial charge < -0.3 is 10.1 Å². The summed E-state index contributed by atoms with van der Waals surface area (Å²) in [6.07, 6.45) is 0.664. The summed E-state index contributed by atoms with van der Waals surface area (Å²) in [5.74, 6) is 0.138. The highest BCUT2D eigenvalue weighted by atomic mass is 79.9. The van der Waals surface area contributed by atoms with Crippen LogP contribution in [0.1, 0.15) is 15.2 Å². The first-order valence-electron chi connectivity index (χ1n) is 6.90. The number of amides is 3. The zero-order valence-corrected chi connectivity index (χ0v) is 15.2. The lowest BCUT2D eigenvalue weighted by Gasteiger charge is -2.13. The average Bonchev–Trinajstić information content (AvgIpc) is 3.21. The summed E-state index contributed by atoms with van der Waals surface area (Å²) in [6, 6.07) is 4.43. The van der Waals surface area contributed by atoms with Crippen molar-refractivity contribution in [3.63, 3.8) is 0 Å². The average molecular weight is 428 g/mol. The van der Waals surface area contributed by atoms with Crippen LogP contribution >= 0.6 is 27.3 Å². The van der Waals surface area contributed by atoms with Crippen LogP contribution in [0.15, 0.2) is 37.3 Å². The van der Waals surface area contributed by atoms with E-state index in [0.29, 0.717) is 33.8 Å². The van der Waals surface area contributed by atoms with E-state index in [2.05, 4.69) is 30.3 Å². The minimum absolute atomic E-state index is 0.258. The van der Waals surface area contributed by atoms with Crippen molar-refractivity contribution in [2.24, 2.45) is 4.36 Å². The molecule has 1 aromatic carbocycles. The number of fused-ring (bicyclic) bond motifs is 2. The number of urea groups is 1. The molecule has 1 atom stereocenters. The SMILES string of the molecule is O=C(Nc1c(Br)ccc2c1CCO2)NS1(=O)=NC(=O)c2sccc21. The highest BCUT2D eigenvalue weighted by Gasteiger charge is 2.32. The van der Waals surface area contributed by atoms with Gasteiger partial charge in [-0.2, -0.15) is 0 Å². The molecular weight excluding hydrogens is 418 g/mol. The number of carbonyl (C=O) groups excluding carboxylic acids is 2. The molecule has 1 unspecified atom stereocenters. The number of hydrogen-bond acceptors (Lipinski definition) is 5. The second-order valence-corrected chi connectivity index (χ2v) is 8.74. The van der Waals surface area contributed by atoms with Crippen molar-refractivity contribution >= 4 is 54.8 Å². The maximum absolute atomic E-state index is 12.8. The predicted octanol–water partition coefficient (Wildman–Crippen LogP) is 3.16. The zero-order chi connectivity index (χ0) is 16.9. The first-order valence-corrected chi connectivity index (χ1v) is 10.1. The van der Waals surface area contributed by atoms with Gasteiger partial charge >= 0.3 is 6.03 Å². The molecule has 0 aliphatic carbocycles. The molecule has 0 fully saturated rings. The van der Waals surface area contributed by atoms with Crippen LogP contribution in [0.3, 0.4) is 0 Å². The molecule has 24 heavy (non-hydrogen) atoms. The fourth-order valence-corrected chi connectivity index (χ4v) is 5.84. The lowest BCUT2D eigenvalue weighted by atomic mass is 10.1. The van der Waals surface area contributed by atoms with Crippen molar-refractivity contribution in [1.29, 1.82) is 0 Å². The van der Waals surface area contributed by atoms with Gasteiger partial charge in [-0.15, -0.1) is 15.7 Å². The van der Waals surface area contributed by atoms with E-state index in [4.69, 9.17) is 4.74 Å². The monoisotopic (exact) mass is 427 g/mol. The van der Waals surface area contributed by atoms with E-state index in [9.17, 15) is 13.8 Å². The Kier molecular flexibility index (Phi) is 3.62. The van der Waals surface area contributed by atoms with Crippen molar-refractivity contribution in [3.05, 3.63) is 38.5 Å². The number of benzene rings is 1. The molecule has 0 saturated carbocycles. The fourth-order valence-electron chi connectivity index (χ4n) is 2.60. The normalized spacial score (nSPS) is 20.8. The summed E-state index contributed by atoms with van der Waals surface area (Å²) in [6.45, 7) is 0.543. The van der Waals surface area contributed by atoms with Crippen LogP contribution in [0.4, 0.5) is 10.5 Å². The molecule has 124 valence electrons. The minimum Gasteiger partial charge on any atom is -0.493 e. The van der Waals surface area contributed by atoms with Crippen molar-refractivity contribution in [2.45, 2.75) is 11.3 Å². The van der Waals surface area contributed by atoms with E-state index in [0.717, 1.165) is 16.9 Å². The summed E-state index contributed by atoms with van der Waals surface area (Å²) < 4.78 is 24.9. The third kappa shape index (κ3) is 2.41. The van der Waals surface area contributed by atoms with Gasteiger partial charge in [-0.05, 0) is 39.5 Å². The lowest BCUT2D eigenvalue weighted by Crippen LogP contribution is -2.33. The summed E-state index contributed by atoms with van der Waals surface area (Å²) in [5.41, 5.74) is 1.42. The number of thiophene rings is 1. The van der Waals surface area contributed by atoms with Crippen molar-refractivity contribution in [1.82, 2.24) is 4.72 Å². The van der Waals surface area contributed by atoms with E-state index in [1.807, 2.05) is 6.07 Å². The number of nitrogens with one attached hydrogen (secondary N) is 2. The molecule has 10 heteroatoms. The van der Waals surface area contributed by atoms with Crippen LogP contribution in [0.5, 0.6) is 5.75 Å². The van der Waals surface area contributed by atoms with Crippen LogP contribution in [-0.4, -0.2) is 22.8 Å². The zero-order valence-electron chi connectivity index (χ0n) is 12.0. The standard InChI is InChI=1S/C14H10BrN3O4S2/c15-8-1-2-9-7(3-5-22-9)11(8)16-14(20)18-24(21)10-4-6-23-12(10)13(19)17-24/h1-2,4,6H,3,5H2,(H2,16,17,18,19,20,21). The Labute approximate surface area is 149 Å². The highest BCUT2D eigenvalue weighted by Crippen LogP contribution is 2.37. The molecule has 0 bridgehead atoms. The molecule has 0 spiro atoms. The molecule has 2 N–H and O–H groups in total. The largest absolute Gasteiger partial charge is 0.493 e. The van der Waals surface area contributed by atoms with Crippen LogP contribution in [-0.2, 0) is 16.3 Å². The van der Waals surface area contributed by atoms with Gasteiger partial charge in [0.05, 0.1) is 17.2 Å². The summed E-state index contributed by atoms with van der Waals surface area (Å²) in [5, 5.41) is 4.32. The van der Waals surface area contributed by atoms with Gasteiger partial charge in [0.2, 0.25) is 0 Å². The number of halogens is 1. The molecule has 4 rings (SSSR count). The van der Waals surface area contributed by atoms with Gasteiger partial charge in [-0.3, -0.25) is 4.79 Å². The molecular formula is C14H10BrN3O4S2. The summed E-state index contributed by atoms with van der Waals surface area (Å²) >= 11 is 4.54. The minimum atomic E-state index is -3.29. The Morgan fingerprint density at radius 1 is 1.38 bits per heavy atom. The second-order valence-electron chi connectivity index (χ2n) is 5.09. The number of rotatable bonds is 2. The van der Waals surface area contributed by atoms with Crippen molar-refractivity contribution in [2.75, 3.05) is 11.9 Å². The molecule has 2 aromatic rings. The molecule has 3 amide bonds. The van der Waals surface area contributed by atoms with Gasteiger partial charge in [0.15, 0.2) is 9.92 Å². The topological polar surface area (TPSA) is 96.9 Å². The first kappa shape index (κ1) is 15.6. The Morgan fingerprint density at radius 2 is 2.21 bits per heavy atom. The molecule has 2 aliphatic heterocycles. The third-order valence-corrected chi connectivity index (χ3v) is 7.14. The Morgan fingerprint density at radius 3 is 3.04 bits per heavy atom. The van der Waals surface area contributed by atoms with Gasteiger partial charge in [0.1, 0.15) is 10.6 Å². The Hall–Kier alpha value is -1.91. The van der Waals surface area contributed by atoms with Gasteiger partial charge in [0.25, 0.3) is 5.91 Å². The van der Waals surface area contributed by atoms with Crippen LogP contribution in [0.25, 0.3) is 0 Å². The Balaban J connectivity index is 1.62. The van der Waals surface area contributed by atoms with Gasteiger partial charge in [0, 0.05) is 16.5 Å².